The molecular formula is C33H46N6O7S. The molecule has 2 atom stereocenters. The molecule has 0 spiro atoms. The van der Waals surface area contributed by atoms with Crippen LogP contribution in [0.2, 0.25) is 0 Å². The van der Waals surface area contributed by atoms with E-state index in [-0.39, 0.29) is 29.0 Å². The van der Waals surface area contributed by atoms with Crippen molar-refractivity contribution in [3.63, 3.8) is 0 Å². The van der Waals surface area contributed by atoms with Crippen LogP contribution in [-0.4, -0.2) is 88.4 Å². The van der Waals surface area contributed by atoms with Gasteiger partial charge in [-0.2, -0.15) is 9.61 Å². The van der Waals surface area contributed by atoms with Gasteiger partial charge in [0, 0.05) is 36.9 Å². The van der Waals surface area contributed by atoms with Gasteiger partial charge in [-0.3, -0.25) is 0 Å². The van der Waals surface area contributed by atoms with E-state index < -0.39 is 39.3 Å². The Hall–Kier alpha value is -3.91. The highest BCUT2D eigenvalue weighted by molar-refractivity contribution is 7.90. The van der Waals surface area contributed by atoms with Crippen LogP contribution < -0.4 is 10.2 Å². The molecule has 1 aromatic carbocycles. The number of ether oxygens (including phenoxy) is 2. The molecule has 5 rings (SSSR count). The largest absolute Gasteiger partial charge is 0.444 e. The number of fused-ring (bicyclic) bond motifs is 1. The van der Waals surface area contributed by atoms with Crippen LogP contribution in [0.4, 0.5) is 26.9 Å². The van der Waals surface area contributed by atoms with Crippen molar-refractivity contribution in [3.05, 3.63) is 42.1 Å². The van der Waals surface area contributed by atoms with Gasteiger partial charge in [-0.1, -0.05) is 12.5 Å². The van der Waals surface area contributed by atoms with E-state index in [4.69, 9.17) is 14.5 Å². The van der Waals surface area contributed by atoms with Gasteiger partial charge in [-0.15, -0.1) is 0 Å². The van der Waals surface area contributed by atoms with Crippen LogP contribution in [0.1, 0.15) is 78.7 Å². The number of carbonyl (C=O) groups excluding carboxylic acids is 2. The number of rotatable bonds is 7. The Kier molecular flexibility index (Phi) is 9.48. The van der Waals surface area contributed by atoms with Gasteiger partial charge in [0.05, 0.1) is 29.4 Å². The number of sulfone groups is 1. The minimum absolute atomic E-state index is 0.0505. The van der Waals surface area contributed by atoms with Crippen molar-refractivity contribution in [2.45, 2.75) is 95.3 Å². The number of amides is 2. The topological polar surface area (TPSA) is 156 Å². The Morgan fingerprint density at radius 2 is 1.77 bits per heavy atom. The van der Waals surface area contributed by atoms with Crippen LogP contribution in [0, 0.1) is 5.92 Å². The third kappa shape index (κ3) is 8.15. The Bertz CT molecular complexity index is 1740. The fourth-order valence-electron chi connectivity index (χ4n) is 5.66. The lowest BCUT2D eigenvalue weighted by molar-refractivity contribution is -0.0104. The van der Waals surface area contributed by atoms with E-state index in [0.717, 1.165) is 31.1 Å². The van der Waals surface area contributed by atoms with Crippen molar-refractivity contribution in [3.8, 4) is 0 Å². The van der Waals surface area contributed by atoms with Gasteiger partial charge < -0.3 is 24.8 Å². The number of aliphatic hydroxyl groups excluding tert-OH is 1. The lowest BCUT2D eigenvalue weighted by Gasteiger charge is -2.36. The van der Waals surface area contributed by atoms with Crippen molar-refractivity contribution >= 4 is 45.0 Å². The molecule has 1 aliphatic carbocycles. The zero-order chi connectivity index (χ0) is 34.3. The van der Waals surface area contributed by atoms with Crippen LogP contribution in [0.15, 0.2) is 41.4 Å². The van der Waals surface area contributed by atoms with Gasteiger partial charge in [0.25, 0.3) is 0 Å². The number of likely N-dealkylation sites (tertiary alicyclic amines) is 1. The summed E-state index contributed by atoms with van der Waals surface area (Å²) in [7, 11) is -3.58. The first-order valence-corrected chi connectivity index (χ1v) is 17.9. The number of hydrogen-bond acceptors (Lipinski definition) is 10. The van der Waals surface area contributed by atoms with Crippen molar-refractivity contribution < 1.29 is 32.6 Å². The average molecular weight is 671 g/mol. The fraction of sp³-hybridized carbons (Fsp3) is 0.576. The summed E-state index contributed by atoms with van der Waals surface area (Å²) < 4.78 is 37.9. The molecule has 0 unspecified atom stereocenters. The molecule has 13 nitrogen and oxygen atoms in total. The molecule has 3 aromatic rings. The van der Waals surface area contributed by atoms with E-state index in [1.165, 1.54) is 21.9 Å². The standard InChI is InChI=1S/C33H46N6O7S/c1-32(2,3)45-30(41)37-15-14-22(26(40)20-37)18-34-27-17-28(39-29(36-27)25(19-35-39)21-10-8-11-21)38(31(42)46-33(4,5)6)23-12-9-13-24(16-23)47(7,43)44/h9,12-13,16-17,19,21-22,26,40H,8,10-11,14-15,18,20H2,1-7H3,(H,34,36)/t22-,26+/m1/s1. The second kappa shape index (κ2) is 12.9. The van der Waals surface area contributed by atoms with Crippen LogP contribution in [-0.2, 0) is 19.3 Å². The molecule has 1 saturated carbocycles. The maximum Gasteiger partial charge on any atom is 0.420 e. The minimum Gasteiger partial charge on any atom is -0.444 e. The number of carbonyl (C=O) groups is 2. The lowest BCUT2D eigenvalue weighted by Crippen LogP contribution is -2.49. The maximum atomic E-state index is 13.9. The number of nitrogens with one attached hydrogen (secondary N) is 1. The van der Waals surface area contributed by atoms with Crippen molar-refractivity contribution in [1.29, 1.82) is 0 Å². The number of anilines is 3. The van der Waals surface area contributed by atoms with E-state index >= 15 is 0 Å². The highest BCUT2D eigenvalue weighted by atomic mass is 32.2. The third-order valence-electron chi connectivity index (χ3n) is 8.25. The molecule has 2 N–H and O–H groups in total. The highest BCUT2D eigenvalue weighted by Gasteiger charge is 2.34. The molecule has 3 heterocycles. The molecule has 1 saturated heterocycles. The second-order valence-electron chi connectivity index (χ2n) is 14.5. The molecule has 0 radical (unpaired) electrons. The maximum absolute atomic E-state index is 13.9. The number of β-amino-alcohol motifs (C(OH)–C–C–N with tert-alkyl or cyclic N) is 1. The molecule has 2 aromatic heterocycles. The van der Waals surface area contributed by atoms with Crippen molar-refractivity contribution in [2.75, 3.05) is 36.1 Å². The van der Waals surface area contributed by atoms with Gasteiger partial charge in [0.1, 0.15) is 22.8 Å². The predicted molar refractivity (Wildman–Crippen MR) is 178 cm³/mol. The van der Waals surface area contributed by atoms with Crippen LogP contribution in [0.3, 0.4) is 0 Å². The summed E-state index contributed by atoms with van der Waals surface area (Å²) >= 11 is 0. The second-order valence-corrected chi connectivity index (χ2v) is 16.5. The third-order valence-corrected chi connectivity index (χ3v) is 9.36. The van der Waals surface area contributed by atoms with Gasteiger partial charge >= 0.3 is 12.2 Å². The zero-order valence-electron chi connectivity index (χ0n) is 28.2. The first-order chi connectivity index (χ1) is 21.9. The molecule has 2 fully saturated rings. The Labute approximate surface area is 276 Å². The van der Waals surface area contributed by atoms with Crippen LogP contribution in [0.25, 0.3) is 5.65 Å². The molecule has 47 heavy (non-hydrogen) atoms. The Morgan fingerprint density at radius 3 is 2.36 bits per heavy atom. The Balaban J connectivity index is 1.50. The highest BCUT2D eigenvalue weighted by Crippen LogP contribution is 2.40. The van der Waals surface area contributed by atoms with Crippen LogP contribution >= 0.6 is 0 Å². The van der Waals surface area contributed by atoms with E-state index in [2.05, 4.69) is 10.4 Å². The summed E-state index contributed by atoms with van der Waals surface area (Å²) in [5.41, 5.74) is 0.339. The predicted octanol–water partition coefficient (Wildman–Crippen LogP) is 5.50. The number of piperidine rings is 1. The monoisotopic (exact) mass is 670 g/mol. The smallest absolute Gasteiger partial charge is 0.420 e. The number of aliphatic hydroxyl groups is 1. The number of hydrogen-bond donors (Lipinski definition) is 2. The molecular weight excluding hydrogens is 624 g/mol. The lowest BCUT2D eigenvalue weighted by atomic mass is 9.81. The first-order valence-electron chi connectivity index (χ1n) is 16.0. The quantitative estimate of drug-likeness (QED) is 0.329. The molecule has 2 aliphatic rings. The van der Waals surface area contributed by atoms with Crippen LogP contribution in [0.5, 0.6) is 0 Å². The summed E-state index contributed by atoms with van der Waals surface area (Å²) in [4.78, 5) is 34.3. The summed E-state index contributed by atoms with van der Waals surface area (Å²) in [6.07, 6.45) is 4.59. The van der Waals surface area contributed by atoms with Gasteiger partial charge in [-0.05, 0) is 84.9 Å². The SMILES string of the molecule is CC(C)(C)OC(=O)N1CC[C@H](CNc2cc(N(C(=O)OC(C)(C)C)c3cccc(S(C)(=O)=O)c3)n3ncc(C4CCC4)c3n2)[C@@H](O)C1. The van der Waals surface area contributed by atoms with Gasteiger partial charge in [0.15, 0.2) is 15.5 Å². The van der Waals surface area contributed by atoms with Crippen molar-refractivity contribution in [2.24, 2.45) is 5.92 Å². The van der Waals surface area contributed by atoms with E-state index in [9.17, 15) is 23.1 Å². The van der Waals surface area contributed by atoms with E-state index in [0.29, 0.717) is 36.8 Å². The van der Waals surface area contributed by atoms with E-state index in [1.807, 2.05) is 0 Å². The normalized spacial score (nSPS) is 19.3. The zero-order valence-corrected chi connectivity index (χ0v) is 29.0. The molecule has 1 aliphatic heterocycles. The molecule has 0 bridgehead atoms. The first kappa shape index (κ1) is 34.4. The molecule has 2 amide bonds. The molecule has 256 valence electrons. The summed E-state index contributed by atoms with van der Waals surface area (Å²) in [6.45, 7) is 11.6. The van der Waals surface area contributed by atoms with Crippen molar-refractivity contribution in [1.82, 2.24) is 19.5 Å². The Morgan fingerprint density at radius 1 is 1.06 bits per heavy atom. The number of benzene rings is 1. The summed E-state index contributed by atoms with van der Waals surface area (Å²) in [5.74, 6) is 0.858. The minimum atomic E-state index is -3.58. The number of aromatic nitrogens is 3. The summed E-state index contributed by atoms with van der Waals surface area (Å²) in [5, 5.41) is 19.0. The van der Waals surface area contributed by atoms with Gasteiger partial charge in [-0.25, -0.2) is 27.9 Å². The average Bonchev–Trinajstić information content (AvgIpc) is 3.32. The summed E-state index contributed by atoms with van der Waals surface area (Å²) in [6, 6.07) is 7.80. The fourth-order valence-corrected chi connectivity index (χ4v) is 6.32. The van der Waals surface area contributed by atoms with E-state index in [1.54, 1.807) is 70.5 Å². The molecule has 14 heteroatoms. The number of nitrogens with zero attached hydrogens (tertiary/aromatic N) is 5. The van der Waals surface area contributed by atoms with Gasteiger partial charge in [0.2, 0.25) is 0 Å².